The molecule has 0 unspecified atom stereocenters. The van der Waals surface area contributed by atoms with Crippen LogP contribution in [0.3, 0.4) is 0 Å². The first-order valence-corrected chi connectivity index (χ1v) is 5.11. The predicted octanol–water partition coefficient (Wildman–Crippen LogP) is 1.59. The summed E-state index contributed by atoms with van der Waals surface area (Å²) in [4.78, 5) is 10.6. The highest BCUT2D eigenvalue weighted by molar-refractivity contribution is 5.72. The van der Waals surface area contributed by atoms with Gasteiger partial charge in [-0.3, -0.25) is 4.79 Å². The number of aromatic hydroxyl groups is 1. The minimum Gasteiger partial charge on any atom is -0.504 e. The van der Waals surface area contributed by atoms with Gasteiger partial charge < -0.3 is 20.7 Å². The molecule has 0 aliphatic carbocycles. The lowest BCUT2D eigenvalue weighted by atomic mass is 9.96. The molecule has 1 aromatic carbocycles. The highest BCUT2D eigenvalue weighted by atomic mass is 19.4. The number of halogens is 3. The fraction of sp³-hybridized carbons (Fsp3) is 0.364. The van der Waals surface area contributed by atoms with E-state index in [0.717, 1.165) is 13.2 Å². The minimum absolute atomic E-state index is 0.205. The quantitative estimate of drug-likeness (QED) is 0.778. The number of carbonyl (C=O) groups is 1. The molecule has 0 fully saturated rings. The number of phenols is 1. The highest BCUT2D eigenvalue weighted by Crippen LogP contribution is 2.41. The van der Waals surface area contributed by atoms with Crippen LogP contribution in [0.1, 0.15) is 17.2 Å². The maximum Gasteiger partial charge on any atom is 0.407 e. The van der Waals surface area contributed by atoms with E-state index in [4.69, 9.17) is 10.8 Å². The molecular weight excluding hydrogens is 267 g/mol. The molecule has 19 heavy (non-hydrogen) atoms. The van der Waals surface area contributed by atoms with Crippen molar-refractivity contribution in [3.05, 3.63) is 23.3 Å². The summed E-state index contributed by atoms with van der Waals surface area (Å²) in [5.74, 6) is -2.34. The maximum absolute atomic E-state index is 12.6. The van der Waals surface area contributed by atoms with E-state index in [-0.39, 0.29) is 11.3 Å². The number of rotatable bonds is 4. The summed E-state index contributed by atoms with van der Waals surface area (Å²) < 4.78 is 42.6. The van der Waals surface area contributed by atoms with Gasteiger partial charge in [0.2, 0.25) is 0 Å². The van der Waals surface area contributed by atoms with Crippen LogP contribution in [0.5, 0.6) is 11.5 Å². The van der Waals surface area contributed by atoms with Crippen LogP contribution in [0.25, 0.3) is 0 Å². The van der Waals surface area contributed by atoms with Crippen molar-refractivity contribution in [3.63, 3.8) is 0 Å². The molecule has 4 N–H and O–H groups in total. The number of hydrogen-bond acceptors (Lipinski definition) is 4. The van der Waals surface area contributed by atoms with Gasteiger partial charge in [-0.1, -0.05) is 6.07 Å². The molecule has 0 aliphatic rings. The zero-order valence-corrected chi connectivity index (χ0v) is 9.86. The van der Waals surface area contributed by atoms with Gasteiger partial charge in [-0.25, -0.2) is 0 Å². The van der Waals surface area contributed by atoms with Crippen molar-refractivity contribution < 1.29 is 32.9 Å². The molecule has 0 amide bonds. The van der Waals surface area contributed by atoms with Crippen LogP contribution < -0.4 is 10.5 Å². The molecule has 8 heteroatoms. The van der Waals surface area contributed by atoms with E-state index in [2.05, 4.69) is 4.74 Å². The van der Waals surface area contributed by atoms with E-state index in [0.29, 0.717) is 0 Å². The molecule has 1 rings (SSSR count). The molecule has 0 saturated heterocycles. The SMILES string of the molecule is COc1ccc(CC(=O)O)c([C@@H](N)C(F)(F)F)c1O. The second-order valence-electron chi connectivity index (χ2n) is 3.78. The van der Waals surface area contributed by atoms with Crippen molar-refractivity contribution in [2.24, 2.45) is 5.73 Å². The normalized spacial score (nSPS) is 13.1. The third kappa shape index (κ3) is 3.28. The Kier molecular flexibility index (Phi) is 4.25. The molecule has 0 saturated carbocycles. The first-order valence-electron chi connectivity index (χ1n) is 5.11. The van der Waals surface area contributed by atoms with E-state index in [1.54, 1.807) is 0 Å². The van der Waals surface area contributed by atoms with E-state index >= 15 is 0 Å². The van der Waals surface area contributed by atoms with Crippen LogP contribution in [0, 0.1) is 0 Å². The molecule has 0 radical (unpaired) electrons. The Morgan fingerprint density at radius 2 is 2.05 bits per heavy atom. The van der Waals surface area contributed by atoms with Gasteiger partial charge in [0.25, 0.3) is 0 Å². The Balaban J connectivity index is 3.41. The van der Waals surface area contributed by atoms with Crippen LogP contribution in [0.2, 0.25) is 0 Å². The lowest BCUT2D eigenvalue weighted by molar-refractivity contribution is -0.150. The molecule has 5 nitrogen and oxygen atoms in total. The summed E-state index contributed by atoms with van der Waals surface area (Å²) in [6, 6.07) is -0.176. The highest BCUT2D eigenvalue weighted by Gasteiger charge is 2.41. The van der Waals surface area contributed by atoms with Gasteiger partial charge in [-0.2, -0.15) is 13.2 Å². The number of benzene rings is 1. The molecule has 0 aliphatic heterocycles. The second kappa shape index (κ2) is 5.35. The number of nitrogens with two attached hydrogens (primary N) is 1. The van der Waals surface area contributed by atoms with Crippen molar-refractivity contribution in [2.75, 3.05) is 7.11 Å². The standard InChI is InChI=1S/C11H12F3NO4/c1-19-6-3-2-5(4-7(16)17)8(9(6)18)10(15)11(12,13)14/h2-3,10,18H,4,15H2,1H3,(H,16,17)/t10-/m1/s1. The van der Waals surface area contributed by atoms with Gasteiger partial charge in [0.15, 0.2) is 11.5 Å². The van der Waals surface area contributed by atoms with Crippen LogP contribution in [0.4, 0.5) is 13.2 Å². The average Bonchev–Trinajstić information content (AvgIpc) is 2.27. The number of aliphatic carboxylic acids is 1. The van der Waals surface area contributed by atoms with E-state index in [1.807, 2.05) is 0 Å². The lowest BCUT2D eigenvalue weighted by Gasteiger charge is -2.21. The third-order valence-corrected chi connectivity index (χ3v) is 2.50. The van der Waals surface area contributed by atoms with Crippen LogP contribution >= 0.6 is 0 Å². The van der Waals surface area contributed by atoms with E-state index < -0.39 is 35.9 Å². The third-order valence-electron chi connectivity index (χ3n) is 2.50. The Hall–Kier alpha value is -1.96. The van der Waals surface area contributed by atoms with Gasteiger partial charge in [0.1, 0.15) is 6.04 Å². The van der Waals surface area contributed by atoms with Gasteiger partial charge >= 0.3 is 12.1 Å². The molecule has 0 heterocycles. The van der Waals surface area contributed by atoms with Crippen molar-refractivity contribution >= 4 is 5.97 Å². The minimum atomic E-state index is -4.81. The van der Waals surface area contributed by atoms with Crippen molar-refractivity contribution in [3.8, 4) is 11.5 Å². The number of carboxylic acids is 1. The van der Waals surface area contributed by atoms with Gasteiger partial charge in [0.05, 0.1) is 13.5 Å². The number of alkyl halides is 3. The first-order chi connectivity index (χ1) is 8.68. The molecular formula is C11H12F3NO4. The molecule has 106 valence electrons. The Morgan fingerprint density at radius 3 is 2.47 bits per heavy atom. The van der Waals surface area contributed by atoms with Crippen LogP contribution in [-0.2, 0) is 11.2 Å². The Labute approximate surface area is 106 Å². The van der Waals surface area contributed by atoms with Crippen LogP contribution in [0.15, 0.2) is 12.1 Å². The summed E-state index contributed by atoms with van der Waals surface area (Å²) >= 11 is 0. The first kappa shape index (κ1) is 15.1. The monoisotopic (exact) mass is 279 g/mol. The zero-order valence-electron chi connectivity index (χ0n) is 9.86. The summed E-state index contributed by atoms with van der Waals surface area (Å²) in [6.45, 7) is 0. The topological polar surface area (TPSA) is 92.8 Å². The zero-order chi connectivity index (χ0) is 14.8. The Morgan fingerprint density at radius 1 is 1.47 bits per heavy atom. The molecule has 1 atom stereocenters. The largest absolute Gasteiger partial charge is 0.504 e. The number of carboxylic acid groups (broad SMARTS) is 1. The fourth-order valence-electron chi connectivity index (χ4n) is 1.62. The predicted molar refractivity (Wildman–Crippen MR) is 59.0 cm³/mol. The average molecular weight is 279 g/mol. The summed E-state index contributed by atoms with van der Waals surface area (Å²) in [5, 5.41) is 18.4. The summed E-state index contributed by atoms with van der Waals surface area (Å²) in [5.41, 5.74) is 4.14. The smallest absolute Gasteiger partial charge is 0.407 e. The summed E-state index contributed by atoms with van der Waals surface area (Å²) in [7, 11) is 1.16. The number of hydrogen-bond donors (Lipinski definition) is 3. The summed E-state index contributed by atoms with van der Waals surface area (Å²) in [6.07, 6.45) is -5.49. The van der Waals surface area contributed by atoms with Gasteiger partial charge in [-0.05, 0) is 11.6 Å². The lowest BCUT2D eigenvalue weighted by Crippen LogP contribution is -2.30. The number of phenolic OH excluding ortho intramolecular Hbond substituents is 1. The fourth-order valence-corrected chi connectivity index (χ4v) is 1.62. The second-order valence-corrected chi connectivity index (χ2v) is 3.78. The molecule has 0 aromatic heterocycles. The van der Waals surface area contributed by atoms with Crippen LogP contribution in [-0.4, -0.2) is 29.5 Å². The van der Waals surface area contributed by atoms with E-state index in [9.17, 15) is 23.1 Å². The van der Waals surface area contributed by atoms with Crippen molar-refractivity contribution in [2.45, 2.75) is 18.6 Å². The van der Waals surface area contributed by atoms with Gasteiger partial charge in [-0.15, -0.1) is 0 Å². The molecule has 1 aromatic rings. The Bertz CT molecular complexity index is 488. The van der Waals surface area contributed by atoms with Crippen molar-refractivity contribution in [1.82, 2.24) is 0 Å². The van der Waals surface area contributed by atoms with Gasteiger partial charge in [0, 0.05) is 5.56 Å². The molecule has 0 bridgehead atoms. The van der Waals surface area contributed by atoms with Crippen molar-refractivity contribution in [1.29, 1.82) is 0 Å². The maximum atomic E-state index is 12.6. The molecule has 0 spiro atoms. The number of ether oxygens (including phenoxy) is 1. The number of methoxy groups -OCH3 is 1. The van der Waals surface area contributed by atoms with E-state index in [1.165, 1.54) is 6.07 Å².